The lowest BCUT2D eigenvalue weighted by atomic mass is 10.4. The minimum absolute atomic E-state index is 0.606. The standard InChI is InChI=1S/C11H20N2O2S/c1-3-15-6-4-5-12-7-10-9-16-11(13-10)8-14-2/h9,12H,3-8H2,1-2H3. The first-order valence-electron chi connectivity index (χ1n) is 5.57. The van der Waals surface area contributed by atoms with Gasteiger partial charge in [-0.3, -0.25) is 0 Å². The summed E-state index contributed by atoms with van der Waals surface area (Å²) in [5, 5.41) is 6.45. The number of nitrogens with one attached hydrogen (secondary N) is 1. The van der Waals surface area contributed by atoms with Gasteiger partial charge in [0.25, 0.3) is 0 Å². The van der Waals surface area contributed by atoms with E-state index in [0.717, 1.165) is 43.4 Å². The van der Waals surface area contributed by atoms with E-state index in [1.165, 1.54) is 0 Å². The van der Waals surface area contributed by atoms with E-state index in [-0.39, 0.29) is 0 Å². The normalized spacial score (nSPS) is 10.9. The molecule has 92 valence electrons. The minimum Gasteiger partial charge on any atom is -0.382 e. The molecule has 0 saturated heterocycles. The Labute approximate surface area is 101 Å². The third-order valence-corrected chi connectivity index (χ3v) is 2.89. The second-order valence-electron chi connectivity index (χ2n) is 3.39. The summed E-state index contributed by atoms with van der Waals surface area (Å²) in [4.78, 5) is 4.43. The van der Waals surface area contributed by atoms with E-state index in [9.17, 15) is 0 Å². The van der Waals surface area contributed by atoms with Gasteiger partial charge in [-0.05, 0) is 19.9 Å². The molecule has 1 rings (SSSR count). The Balaban J connectivity index is 2.07. The van der Waals surface area contributed by atoms with Gasteiger partial charge in [0, 0.05) is 32.2 Å². The quantitative estimate of drug-likeness (QED) is 0.673. The van der Waals surface area contributed by atoms with Crippen molar-refractivity contribution in [1.82, 2.24) is 10.3 Å². The molecule has 0 atom stereocenters. The van der Waals surface area contributed by atoms with Crippen LogP contribution in [0.3, 0.4) is 0 Å². The van der Waals surface area contributed by atoms with Crippen LogP contribution in [0.25, 0.3) is 0 Å². The highest BCUT2D eigenvalue weighted by Crippen LogP contribution is 2.10. The van der Waals surface area contributed by atoms with Gasteiger partial charge < -0.3 is 14.8 Å². The maximum Gasteiger partial charge on any atom is 0.119 e. The molecule has 0 aliphatic carbocycles. The van der Waals surface area contributed by atoms with Crippen LogP contribution in [0.15, 0.2) is 5.38 Å². The van der Waals surface area contributed by atoms with E-state index in [4.69, 9.17) is 9.47 Å². The van der Waals surface area contributed by atoms with Crippen LogP contribution >= 0.6 is 11.3 Å². The van der Waals surface area contributed by atoms with Crippen molar-refractivity contribution >= 4 is 11.3 Å². The van der Waals surface area contributed by atoms with Crippen LogP contribution in [0.4, 0.5) is 0 Å². The molecule has 0 bridgehead atoms. The number of nitrogens with zero attached hydrogens (tertiary/aromatic N) is 1. The largest absolute Gasteiger partial charge is 0.382 e. The van der Waals surface area contributed by atoms with E-state index in [1.807, 2.05) is 6.92 Å². The van der Waals surface area contributed by atoms with Crippen molar-refractivity contribution in [2.45, 2.75) is 26.5 Å². The summed E-state index contributed by atoms with van der Waals surface area (Å²) in [7, 11) is 1.69. The van der Waals surface area contributed by atoms with Gasteiger partial charge in [-0.2, -0.15) is 0 Å². The van der Waals surface area contributed by atoms with Gasteiger partial charge in [0.1, 0.15) is 5.01 Å². The minimum atomic E-state index is 0.606. The average Bonchev–Trinajstić information content (AvgIpc) is 2.72. The van der Waals surface area contributed by atoms with Crippen molar-refractivity contribution in [3.8, 4) is 0 Å². The number of hydrogen-bond acceptors (Lipinski definition) is 5. The molecular weight excluding hydrogens is 224 g/mol. The monoisotopic (exact) mass is 244 g/mol. The Morgan fingerprint density at radius 1 is 1.50 bits per heavy atom. The molecule has 0 spiro atoms. The zero-order chi connectivity index (χ0) is 11.6. The molecule has 1 aromatic rings. The lowest BCUT2D eigenvalue weighted by Gasteiger charge is -2.02. The van der Waals surface area contributed by atoms with Crippen molar-refractivity contribution in [2.24, 2.45) is 0 Å². The first-order valence-corrected chi connectivity index (χ1v) is 6.45. The Hall–Kier alpha value is -0.490. The van der Waals surface area contributed by atoms with Crippen LogP contribution in [0.1, 0.15) is 24.0 Å². The second kappa shape index (κ2) is 8.64. The topological polar surface area (TPSA) is 43.4 Å². The van der Waals surface area contributed by atoms with Crippen LogP contribution in [0.2, 0.25) is 0 Å². The molecule has 0 aromatic carbocycles. The third kappa shape index (κ3) is 5.55. The molecule has 0 fully saturated rings. The van der Waals surface area contributed by atoms with Crippen molar-refractivity contribution in [3.63, 3.8) is 0 Å². The number of ether oxygens (including phenoxy) is 2. The Morgan fingerprint density at radius 2 is 2.38 bits per heavy atom. The number of methoxy groups -OCH3 is 1. The Kier molecular flexibility index (Phi) is 7.33. The summed E-state index contributed by atoms with van der Waals surface area (Å²) in [6.07, 6.45) is 1.04. The van der Waals surface area contributed by atoms with Gasteiger partial charge in [0.2, 0.25) is 0 Å². The molecule has 0 unspecified atom stereocenters. The molecular formula is C11H20N2O2S. The summed E-state index contributed by atoms with van der Waals surface area (Å²) in [6.45, 7) is 6.04. The fraction of sp³-hybridized carbons (Fsp3) is 0.727. The van der Waals surface area contributed by atoms with Gasteiger partial charge in [-0.25, -0.2) is 4.98 Å². The maximum atomic E-state index is 5.25. The van der Waals surface area contributed by atoms with Gasteiger partial charge in [0.05, 0.1) is 12.3 Å². The first-order chi connectivity index (χ1) is 7.86. The third-order valence-electron chi connectivity index (χ3n) is 2.02. The maximum absolute atomic E-state index is 5.25. The molecule has 16 heavy (non-hydrogen) atoms. The van der Waals surface area contributed by atoms with Crippen LogP contribution < -0.4 is 5.32 Å². The van der Waals surface area contributed by atoms with Gasteiger partial charge >= 0.3 is 0 Å². The zero-order valence-corrected chi connectivity index (χ0v) is 10.8. The molecule has 5 heteroatoms. The van der Waals surface area contributed by atoms with E-state index in [2.05, 4.69) is 15.7 Å². The predicted octanol–water partition coefficient (Wildman–Crippen LogP) is 1.81. The van der Waals surface area contributed by atoms with E-state index in [0.29, 0.717) is 6.61 Å². The van der Waals surface area contributed by atoms with Crippen molar-refractivity contribution in [1.29, 1.82) is 0 Å². The van der Waals surface area contributed by atoms with Crippen molar-refractivity contribution in [3.05, 3.63) is 16.1 Å². The Bertz CT molecular complexity index is 279. The number of aromatic nitrogens is 1. The predicted molar refractivity (Wildman–Crippen MR) is 65.6 cm³/mol. The van der Waals surface area contributed by atoms with Crippen LogP contribution in [-0.2, 0) is 22.6 Å². The highest BCUT2D eigenvalue weighted by molar-refractivity contribution is 7.09. The molecule has 4 nitrogen and oxygen atoms in total. The van der Waals surface area contributed by atoms with Crippen LogP contribution in [0.5, 0.6) is 0 Å². The van der Waals surface area contributed by atoms with E-state index in [1.54, 1.807) is 18.4 Å². The van der Waals surface area contributed by atoms with Crippen LogP contribution in [0, 0.1) is 0 Å². The average molecular weight is 244 g/mol. The lowest BCUT2D eigenvalue weighted by Crippen LogP contribution is -2.16. The molecule has 0 aliphatic rings. The molecule has 0 amide bonds. The molecule has 1 aromatic heterocycles. The van der Waals surface area contributed by atoms with Gasteiger partial charge in [-0.1, -0.05) is 0 Å². The number of hydrogen-bond donors (Lipinski definition) is 1. The number of thiazole rings is 1. The summed E-state index contributed by atoms with van der Waals surface area (Å²) < 4.78 is 10.3. The highest BCUT2D eigenvalue weighted by atomic mass is 32.1. The Morgan fingerprint density at radius 3 is 3.12 bits per heavy atom. The molecule has 1 heterocycles. The molecule has 0 radical (unpaired) electrons. The SMILES string of the molecule is CCOCCCNCc1csc(COC)n1. The van der Waals surface area contributed by atoms with Gasteiger partial charge in [0.15, 0.2) is 0 Å². The molecule has 0 saturated carbocycles. The summed E-state index contributed by atoms with van der Waals surface area (Å²) >= 11 is 1.65. The fourth-order valence-corrected chi connectivity index (χ4v) is 2.04. The highest BCUT2D eigenvalue weighted by Gasteiger charge is 2.00. The van der Waals surface area contributed by atoms with E-state index < -0.39 is 0 Å². The molecule has 1 N–H and O–H groups in total. The summed E-state index contributed by atoms with van der Waals surface area (Å²) in [5.74, 6) is 0. The number of rotatable bonds is 9. The molecule has 0 aliphatic heterocycles. The van der Waals surface area contributed by atoms with Crippen molar-refractivity contribution in [2.75, 3.05) is 26.9 Å². The van der Waals surface area contributed by atoms with Gasteiger partial charge in [-0.15, -0.1) is 11.3 Å². The second-order valence-corrected chi connectivity index (χ2v) is 4.34. The zero-order valence-electron chi connectivity index (χ0n) is 9.99. The smallest absolute Gasteiger partial charge is 0.119 e. The summed E-state index contributed by atoms with van der Waals surface area (Å²) in [5.41, 5.74) is 1.09. The first kappa shape index (κ1) is 13.6. The van der Waals surface area contributed by atoms with Crippen molar-refractivity contribution < 1.29 is 9.47 Å². The van der Waals surface area contributed by atoms with Crippen LogP contribution in [-0.4, -0.2) is 31.9 Å². The van der Waals surface area contributed by atoms with E-state index >= 15 is 0 Å². The fourth-order valence-electron chi connectivity index (χ4n) is 1.28. The summed E-state index contributed by atoms with van der Waals surface area (Å²) in [6, 6.07) is 0. The lowest BCUT2D eigenvalue weighted by molar-refractivity contribution is 0.144.